The number of carbonyl (C=O) groups is 1. The van der Waals surface area contributed by atoms with E-state index in [1.807, 2.05) is 24.3 Å². The van der Waals surface area contributed by atoms with Gasteiger partial charge in [-0.25, -0.2) is 9.97 Å². The van der Waals surface area contributed by atoms with Crippen molar-refractivity contribution in [1.29, 1.82) is 0 Å². The molecular weight excluding hydrogens is 316 g/mol. The molecule has 2 aromatic rings. The van der Waals surface area contributed by atoms with E-state index < -0.39 is 0 Å². The molecule has 25 heavy (non-hydrogen) atoms. The molecule has 6 heteroatoms. The topological polar surface area (TPSA) is 76.1 Å². The van der Waals surface area contributed by atoms with Crippen molar-refractivity contribution in [2.75, 3.05) is 25.5 Å². The molecule has 1 amide bonds. The van der Waals surface area contributed by atoms with E-state index in [0.29, 0.717) is 23.9 Å². The lowest BCUT2D eigenvalue weighted by molar-refractivity contribution is 0.0949. The number of aromatic nitrogens is 2. The van der Waals surface area contributed by atoms with Gasteiger partial charge in [0.15, 0.2) is 0 Å². The molecular formula is C19H26N4O2. The van der Waals surface area contributed by atoms with Gasteiger partial charge >= 0.3 is 0 Å². The largest absolute Gasteiger partial charge is 0.497 e. The van der Waals surface area contributed by atoms with Crippen LogP contribution >= 0.6 is 0 Å². The number of ether oxygens (including phenoxy) is 1. The first-order valence-corrected chi connectivity index (χ1v) is 8.63. The van der Waals surface area contributed by atoms with Gasteiger partial charge < -0.3 is 15.4 Å². The molecule has 134 valence electrons. The highest BCUT2D eigenvalue weighted by molar-refractivity contribution is 5.92. The van der Waals surface area contributed by atoms with Crippen LogP contribution in [0.4, 0.5) is 5.82 Å². The van der Waals surface area contributed by atoms with Crippen molar-refractivity contribution >= 4 is 11.7 Å². The van der Waals surface area contributed by atoms with Crippen molar-refractivity contribution in [2.45, 2.75) is 33.1 Å². The Morgan fingerprint density at radius 3 is 2.80 bits per heavy atom. The lowest BCUT2D eigenvalue weighted by atomic mass is 10.1. The van der Waals surface area contributed by atoms with E-state index in [1.54, 1.807) is 20.1 Å². The molecule has 0 spiro atoms. The van der Waals surface area contributed by atoms with E-state index in [2.05, 4.69) is 27.5 Å². The SMILES string of the molecule is CCCCNc1cc(C(=O)NCCc2cccc(OC)c2)nc(C)n1. The highest BCUT2D eigenvalue weighted by Crippen LogP contribution is 2.12. The van der Waals surface area contributed by atoms with Crippen molar-refractivity contribution in [1.82, 2.24) is 15.3 Å². The zero-order chi connectivity index (χ0) is 18.1. The van der Waals surface area contributed by atoms with Gasteiger partial charge in [0.05, 0.1) is 7.11 Å². The fourth-order valence-electron chi connectivity index (χ4n) is 2.41. The first kappa shape index (κ1) is 18.7. The van der Waals surface area contributed by atoms with Crippen molar-refractivity contribution in [3.8, 4) is 5.75 Å². The van der Waals surface area contributed by atoms with Crippen LogP contribution in [0.25, 0.3) is 0 Å². The van der Waals surface area contributed by atoms with Crippen molar-refractivity contribution in [3.63, 3.8) is 0 Å². The van der Waals surface area contributed by atoms with Crippen molar-refractivity contribution < 1.29 is 9.53 Å². The molecule has 0 aliphatic carbocycles. The standard InChI is InChI=1S/C19H26N4O2/c1-4-5-10-20-18-13-17(22-14(2)23-18)19(24)21-11-9-15-7-6-8-16(12-15)25-3/h6-8,12-13H,4-5,9-11H2,1-3H3,(H,21,24)(H,20,22,23). The fraction of sp³-hybridized carbons (Fsp3) is 0.421. The summed E-state index contributed by atoms with van der Waals surface area (Å²) in [7, 11) is 1.64. The monoisotopic (exact) mass is 342 g/mol. The molecule has 2 rings (SSSR count). The number of nitrogens with one attached hydrogen (secondary N) is 2. The summed E-state index contributed by atoms with van der Waals surface area (Å²) in [5.74, 6) is 1.91. The Hall–Kier alpha value is -2.63. The minimum atomic E-state index is -0.188. The zero-order valence-electron chi connectivity index (χ0n) is 15.1. The molecule has 0 fully saturated rings. The Bertz CT molecular complexity index is 704. The second kappa shape index (κ2) is 9.61. The lowest BCUT2D eigenvalue weighted by Gasteiger charge is -2.09. The number of rotatable bonds is 9. The number of hydrogen-bond donors (Lipinski definition) is 2. The predicted octanol–water partition coefficient (Wildman–Crippen LogP) is 2.98. The summed E-state index contributed by atoms with van der Waals surface area (Å²) >= 11 is 0. The molecule has 1 heterocycles. The summed E-state index contributed by atoms with van der Waals surface area (Å²) < 4.78 is 5.21. The summed E-state index contributed by atoms with van der Waals surface area (Å²) in [4.78, 5) is 20.9. The average molecular weight is 342 g/mol. The number of hydrogen-bond acceptors (Lipinski definition) is 5. The average Bonchev–Trinajstić information content (AvgIpc) is 2.61. The van der Waals surface area contributed by atoms with Gasteiger partial charge in [0, 0.05) is 19.2 Å². The number of carbonyl (C=O) groups excluding carboxylic acids is 1. The van der Waals surface area contributed by atoms with Crippen LogP contribution in [-0.4, -0.2) is 36.1 Å². The van der Waals surface area contributed by atoms with Crippen LogP contribution < -0.4 is 15.4 Å². The van der Waals surface area contributed by atoms with Crippen molar-refractivity contribution in [3.05, 3.63) is 47.4 Å². The molecule has 0 aliphatic rings. The van der Waals surface area contributed by atoms with Gasteiger partial charge in [-0.2, -0.15) is 0 Å². The quantitative estimate of drug-likeness (QED) is 0.685. The normalized spacial score (nSPS) is 10.4. The van der Waals surface area contributed by atoms with E-state index in [4.69, 9.17) is 4.74 Å². The zero-order valence-corrected chi connectivity index (χ0v) is 15.1. The molecule has 1 aromatic heterocycles. The number of nitrogens with zero attached hydrogens (tertiary/aromatic N) is 2. The Morgan fingerprint density at radius 1 is 1.20 bits per heavy atom. The molecule has 6 nitrogen and oxygen atoms in total. The number of aryl methyl sites for hydroxylation is 1. The van der Waals surface area contributed by atoms with Crippen LogP contribution in [-0.2, 0) is 6.42 Å². The Labute approximate surface area is 149 Å². The van der Waals surface area contributed by atoms with E-state index in [0.717, 1.165) is 37.1 Å². The van der Waals surface area contributed by atoms with Gasteiger partial charge in [-0.3, -0.25) is 4.79 Å². The van der Waals surface area contributed by atoms with E-state index in [-0.39, 0.29) is 5.91 Å². The minimum Gasteiger partial charge on any atom is -0.497 e. The van der Waals surface area contributed by atoms with Crippen molar-refractivity contribution in [2.24, 2.45) is 0 Å². The number of anilines is 1. The maximum atomic E-state index is 12.3. The van der Waals surface area contributed by atoms with E-state index >= 15 is 0 Å². The number of methoxy groups -OCH3 is 1. The van der Waals surface area contributed by atoms with Gasteiger partial charge in [0.1, 0.15) is 23.1 Å². The highest BCUT2D eigenvalue weighted by atomic mass is 16.5. The summed E-state index contributed by atoms with van der Waals surface area (Å²) in [6.07, 6.45) is 2.90. The second-order valence-corrected chi connectivity index (χ2v) is 5.82. The number of benzene rings is 1. The van der Waals surface area contributed by atoms with E-state index in [1.165, 1.54) is 0 Å². The molecule has 0 bridgehead atoms. The molecule has 0 saturated carbocycles. The molecule has 1 aromatic carbocycles. The van der Waals surface area contributed by atoms with Gasteiger partial charge in [-0.05, 0) is 37.5 Å². The molecule has 0 unspecified atom stereocenters. The van der Waals surface area contributed by atoms with Crippen LogP contribution in [0.1, 0.15) is 41.6 Å². The summed E-state index contributed by atoms with van der Waals surface area (Å²) in [6.45, 7) is 5.30. The Morgan fingerprint density at radius 2 is 2.04 bits per heavy atom. The first-order chi connectivity index (χ1) is 12.1. The van der Waals surface area contributed by atoms with Crippen LogP contribution in [0.3, 0.4) is 0 Å². The lowest BCUT2D eigenvalue weighted by Crippen LogP contribution is -2.27. The highest BCUT2D eigenvalue weighted by Gasteiger charge is 2.10. The number of unbranched alkanes of at least 4 members (excludes halogenated alkanes) is 1. The third-order valence-corrected chi connectivity index (χ3v) is 3.74. The molecule has 0 saturated heterocycles. The van der Waals surface area contributed by atoms with Crippen LogP contribution in [0.15, 0.2) is 30.3 Å². The smallest absolute Gasteiger partial charge is 0.270 e. The maximum Gasteiger partial charge on any atom is 0.270 e. The Kier molecular flexibility index (Phi) is 7.19. The molecule has 2 N–H and O–H groups in total. The first-order valence-electron chi connectivity index (χ1n) is 8.63. The van der Waals surface area contributed by atoms with E-state index in [9.17, 15) is 4.79 Å². The summed E-state index contributed by atoms with van der Waals surface area (Å²) in [6, 6.07) is 9.52. The third-order valence-electron chi connectivity index (χ3n) is 3.74. The number of amides is 1. The third kappa shape index (κ3) is 6.06. The van der Waals surface area contributed by atoms with Gasteiger partial charge in [0.25, 0.3) is 5.91 Å². The fourth-order valence-corrected chi connectivity index (χ4v) is 2.41. The van der Waals surface area contributed by atoms with Crippen LogP contribution in [0, 0.1) is 6.92 Å². The molecule has 0 radical (unpaired) electrons. The van der Waals surface area contributed by atoms with Gasteiger partial charge in [0.2, 0.25) is 0 Å². The Balaban J connectivity index is 1.91. The van der Waals surface area contributed by atoms with Crippen LogP contribution in [0.5, 0.6) is 5.75 Å². The minimum absolute atomic E-state index is 0.188. The predicted molar refractivity (Wildman–Crippen MR) is 99.2 cm³/mol. The van der Waals surface area contributed by atoms with Gasteiger partial charge in [-0.1, -0.05) is 25.5 Å². The van der Waals surface area contributed by atoms with Gasteiger partial charge in [-0.15, -0.1) is 0 Å². The van der Waals surface area contributed by atoms with Crippen LogP contribution in [0.2, 0.25) is 0 Å². The molecule has 0 aliphatic heterocycles. The summed E-state index contributed by atoms with van der Waals surface area (Å²) in [5.41, 5.74) is 1.50. The second-order valence-electron chi connectivity index (χ2n) is 5.82. The summed E-state index contributed by atoms with van der Waals surface area (Å²) in [5, 5.41) is 6.14. The molecule has 0 atom stereocenters. The maximum absolute atomic E-state index is 12.3.